The lowest BCUT2D eigenvalue weighted by atomic mass is 10.3. The van der Waals surface area contributed by atoms with Gasteiger partial charge in [0.15, 0.2) is 5.69 Å². The van der Waals surface area contributed by atoms with E-state index in [0.717, 1.165) is 6.07 Å². The van der Waals surface area contributed by atoms with Crippen LogP contribution in [0.1, 0.15) is 6.92 Å². The summed E-state index contributed by atoms with van der Waals surface area (Å²) in [6, 6.07) is 3.75. The van der Waals surface area contributed by atoms with E-state index in [1.54, 1.807) is 6.92 Å². The number of nitrogens with zero attached hydrogens (tertiary/aromatic N) is 2. The summed E-state index contributed by atoms with van der Waals surface area (Å²) in [6.07, 6.45) is 1.26. The van der Waals surface area contributed by atoms with Gasteiger partial charge in [0.25, 0.3) is 0 Å². The third-order valence-electron chi connectivity index (χ3n) is 2.19. The van der Waals surface area contributed by atoms with Crippen molar-refractivity contribution in [2.24, 2.45) is 0 Å². The lowest BCUT2D eigenvalue weighted by molar-refractivity contribution is 0.325. The molecular weight excluding hydrogens is 273 g/mol. The predicted molar refractivity (Wildman–Crippen MR) is 69.1 cm³/mol. The fourth-order valence-corrected chi connectivity index (χ4v) is 1.57. The van der Waals surface area contributed by atoms with E-state index in [9.17, 15) is 4.39 Å². The predicted octanol–water partition coefficient (Wildman–Crippen LogP) is 3.04. The molecule has 19 heavy (non-hydrogen) atoms. The maximum atomic E-state index is 12.9. The van der Waals surface area contributed by atoms with Crippen LogP contribution in [0.4, 0.5) is 10.1 Å². The molecule has 0 bridgehead atoms. The molecule has 1 aromatic heterocycles. The Bertz CT molecular complexity index is 595. The second-order valence-corrected chi connectivity index (χ2v) is 3.91. The van der Waals surface area contributed by atoms with Crippen molar-refractivity contribution in [1.82, 2.24) is 9.97 Å². The van der Waals surface area contributed by atoms with Gasteiger partial charge in [0.1, 0.15) is 17.9 Å². The van der Waals surface area contributed by atoms with Crippen LogP contribution in [0.5, 0.6) is 17.5 Å². The lowest BCUT2D eigenvalue weighted by Gasteiger charge is -2.10. The van der Waals surface area contributed by atoms with Gasteiger partial charge in [-0.25, -0.2) is 4.39 Å². The zero-order valence-corrected chi connectivity index (χ0v) is 10.8. The summed E-state index contributed by atoms with van der Waals surface area (Å²) in [5.74, 6) is 0.122. The molecule has 0 aliphatic heterocycles. The van der Waals surface area contributed by atoms with Crippen molar-refractivity contribution >= 4 is 17.3 Å². The molecule has 0 saturated heterocycles. The maximum absolute atomic E-state index is 12.9. The van der Waals surface area contributed by atoms with Crippen LogP contribution < -0.4 is 15.2 Å². The second-order valence-electron chi connectivity index (χ2n) is 3.51. The molecule has 0 atom stereocenters. The van der Waals surface area contributed by atoms with Crippen LogP contribution in [-0.4, -0.2) is 16.6 Å². The number of aromatic nitrogens is 2. The van der Waals surface area contributed by atoms with E-state index in [-0.39, 0.29) is 28.2 Å². The van der Waals surface area contributed by atoms with Crippen molar-refractivity contribution in [3.63, 3.8) is 0 Å². The first-order valence-corrected chi connectivity index (χ1v) is 5.85. The molecule has 0 radical (unpaired) electrons. The molecule has 2 aromatic rings. The smallest absolute Gasteiger partial charge is 0.249 e. The fraction of sp³-hybridized carbons (Fsp3) is 0.167. The van der Waals surface area contributed by atoms with Crippen LogP contribution in [0, 0.1) is 5.82 Å². The van der Waals surface area contributed by atoms with E-state index in [1.165, 1.54) is 18.5 Å². The molecule has 0 spiro atoms. The zero-order valence-electron chi connectivity index (χ0n) is 10.1. The molecule has 0 saturated carbocycles. The third kappa shape index (κ3) is 3.03. The molecular formula is C12H11ClFN3O2. The minimum Gasteiger partial charge on any atom is -0.476 e. The first-order valence-electron chi connectivity index (χ1n) is 5.48. The van der Waals surface area contributed by atoms with Crippen LogP contribution in [0.3, 0.4) is 0 Å². The Morgan fingerprint density at radius 2 is 2.05 bits per heavy atom. The fourth-order valence-electron chi connectivity index (χ4n) is 1.36. The number of nitrogen functional groups attached to an aromatic ring is 1. The Hall–Kier alpha value is -2.08. The monoisotopic (exact) mass is 283 g/mol. The summed E-state index contributed by atoms with van der Waals surface area (Å²) in [4.78, 5) is 7.76. The summed E-state index contributed by atoms with van der Waals surface area (Å²) in [5.41, 5.74) is 5.96. The number of hydrogen-bond acceptors (Lipinski definition) is 5. The molecule has 2 N–H and O–H groups in total. The van der Waals surface area contributed by atoms with Crippen LogP contribution in [-0.2, 0) is 0 Å². The molecule has 5 nitrogen and oxygen atoms in total. The van der Waals surface area contributed by atoms with E-state index < -0.39 is 5.82 Å². The van der Waals surface area contributed by atoms with E-state index in [4.69, 9.17) is 26.8 Å². The number of hydrogen-bond donors (Lipinski definition) is 1. The Balaban J connectivity index is 2.30. The zero-order chi connectivity index (χ0) is 13.8. The molecule has 7 heteroatoms. The highest BCUT2D eigenvalue weighted by Gasteiger charge is 2.13. The van der Waals surface area contributed by atoms with Gasteiger partial charge in [0.05, 0.1) is 11.6 Å². The van der Waals surface area contributed by atoms with Crippen molar-refractivity contribution in [2.45, 2.75) is 6.92 Å². The van der Waals surface area contributed by atoms with Gasteiger partial charge in [-0.2, -0.15) is 9.97 Å². The van der Waals surface area contributed by atoms with Gasteiger partial charge in [0, 0.05) is 0 Å². The Kier molecular flexibility index (Phi) is 4.01. The van der Waals surface area contributed by atoms with Gasteiger partial charge >= 0.3 is 0 Å². The average molecular weight is 284 g/mol. The molecule has 2 rings (SSSR count). The van der Waals surface area contributed by atoms with Gasteiger partial charge in [-0.05, 0) is 25.1 Å². The number of nitrogens with two attached hydrogens (primary N) is 1. The van der Waals surface area contributed by atoms with Gasteiger partial charge in [-0.15, -0.1) is 0 Å². The van der Waals surface area contributed by atoms with E-state index >= 15 is 0 Å². The summed E-state index contributed by atoms with van der Waals surface area (Å²) >= 11 is 5.85. The minimum absolute atomic E-state index is 0.104. The van der Waals surface area contributed by atoms with Crippen molar-refractivity contribution in [3.05, 3.63) is 35.4 Å². The molecule has 0 unspecified atom stereocenters. The van der Waals surface area contributed by atoms with Crippen LogP contribution >= 0.6 is 11.6 Å². The maximum Gasteiger partial charge on any atom is 0.249 e. The van der Waals surface area contributed by atoms with Gasteiger partial charge < -0.3 is 15.2 Å². The summed E-state index contributed by atoms with van der Waals surface area (Å²) < 4.78 is 23.6. The number of ether oxygens (including phenoxy) is 2. The van der Waals surface area contributed by atoms with Crippen molar-refractivity contribution < 1.29 is 13.9 Å². The van der Waals surface area contributed by atoms with E-state index in [2.05, 4.69) is 9.97 Å². The van der Waals surface area contributed by atoms with Crippen molar-refractivity contribution in [1.29, 1.82) is 0 Å². The molecule has 0 fully saturated rings. The Morgan fingerprint density at radius 1 is 1.32 bits per heavy atom. The third-order valence-corrected chi connectivity index (χ3v) is 2.49. The molecule has 1 aromatic carbocycles. The highest BCUT2D eigenvalue weighted by Crippen LogP contribution is 2.34. The molecule has 0 amide bonds. The normalized spacial score (nSPS) is 10.3. The highest BCUT2D eigenvalue weighted by atomic mass is 35.5. The topological polar surface area (TPSA) is 70.3 Å². The standard InChI is InChI=1S/C12H11ClFN3O2/c1-2-18-11-10(15)12(17-6-16-11)19-9-4-3-7(14)5-8(9)13/h3-6H,2,15H2,1H3. The highest BCUT2D eigenvalue weighted by molar-refractivity contribution is 6.32. The largest absolute Gasteiger partial charge is 0.476 e. The quantitative estimate of drug-likeness (QED) is 0.934. The number of halogens is 2. The van der Waals surface area contributed by atoms with Crippen LogP contribution in [0.15, 0.2) is 24.5 Å². The molecule has 0 aliphatic rings. The van der Waals surface area contributed by atoms with E-state index in [1.807, 2.05) is 0 Å². The summed E-state index contributed by atoms with van der Waals surface area (Å²) in [5, 5.41) is 0.121. The van der Waals surface area contributed by atoms with Gasteiger partial charge in [-0.3, -0.25) is 0 Å². The van der Waals surface area contributed by atoms with Crippen molar-refractivity contribution in [2.75, 3.05) is 12.3 Å². The van der Waals surface area contributed by atoms with Crippen LogP contribution in [0.25, 0.3) is 0 Å². The SMILES string of the molecule is CCOc1ncnc(Oc2ccc(F)cc2Cl)c1N. The number of anilines is 1. The second kappa shape index (κ2) is 5.71. The molecule has 0 aliphatic carbocycles. The van der Waals surface area contributed by atoms with Gasteiger partial charge in [0.2, 0.25) is 11.8 Å². The molecule has 1 heterocycles. The van der Waals surface area contributed by atoms with Crippen LogP contribution in [0.2, 0.25) is 5.02 Å². The first kappa shape index (κ1) is 13.4. The summed E-state index contributed by atoms with van der Waals surface area (Å²) in [7, 11) is 0. The van der Waals surface area contributed by atoms with Gasteiger partial charge in [-0.1, -0.05) is 11.6 Å². The minimum atomic E-state index is -0.456. The summed E-state index contributed by atoms with van der Waals surface area (Å²) in [6.45, 7) is 2.22. The number of benzene rings is 1. The number of rotatable bonds is 4. The van der Waals surface area contributed by atoms with Crippen molar-refractivity contribution in [3.8, 4) is 17.5 Å². The van der Waals surface area contributed by atoms with E-state index in [0.29, 0.717) is 6.61 Å². The first-order chi connectivity index (χ1) is 9.11. The molecule has 100 valence electrons. The Morgan fingerprint density at radius 3 is 2.74 bits per heavy atom. The Labute approximate surface area is 114 Å². The average Bonchev–Trinajstić information content (AvgIpc) is 2.37. The lowest BCUT2D eigenvalue weighted by Crippen LogP contribution is -2.03.